The van der Waals surface area contributed by atoms with Crippen LogP contribution in [0.15, 0.2) is 54.9 Å². The molecular formula is C26H27FN4O2. The first kappa shape index (κ1) is 21.3. The molecule has 33 heavy (non-hydrogen) atoms. The minimum absolute atomic E-state index is 0.199. The molecular weight excluding hydrogens is 419 g/mol. The number of H-pyrrole nitrogens is 1. The number of aromatic nitrogens is 2. The molecule has 0 unspecified atom stereocenters. The molecule has 0 radical (unpaired) electrons. The van der Waals surface area contributed by atoms with Crippen LogP contribution in [0.5, 0.6) is 11.5 Å². The molecule has 0 aliphatic carbocycles. The molecule has 6 nitrogen and oxygen atoms in total. The van der Waals surface area contributed by atoms with E-state index in [9.17, 15) is 4.39 Å². The van der Waals surface area contributed by atoms with Crippen molar-refractivity contribution in [2.24, 2.45) is 5.73 Å². The van der Waals surface area contributed by atoms with Crippen molar-refractivity contribution >= 4 is 16.6 Å². The van der Waals surface area contributed by atoms with Gasteiger partial charge in [0.2, 0.25) is 0 Å². The fourth-order valence-electron chi connectivity index (χ4n) is 4.54. The maximum absolute atomic E-state index is 14.4. The van der Waals surface area contributed by atoms with E-state index in [0.29, 0.717) is 5.75 Å². The molecule has 0 atom stereocenters. The van der Waals surface area contributed by atoms with Gasteiger partial charge in [0.1, 0.15) is 17.3 Å². The van der Waals surface area contributed by atoms with Crippen molar-refractivity contribution < 1.29 is 13.9 Å². The number of benzene rings is 2. The first-order valence-electron chi connectivity index (χ1n) is 11.1. The molecule has 1 aliphatic rings. The third-order valence-electron chi connectivity index (χ3n) is 6.31. The summed E-state index contributed by atoms with van der Waals surface area (Å²) >= 11 is 0. The van der Waals surface area contributed by atoms with Crippen LogP contribution >= 0.6 is 0 Å². The number of hydrogen-bond acceptors (Lipinski definition) is 5. The molecule has 1 aliphatic heterocycles. The Kier molecular flexibility index (Phi) is 5.64. The second-order valence-corrected chi connectivity index (χ2v) is 8.42. The molecule has 4 aromatic rings. The van der Waals surface area contributed by atoms with Gasteiger partial charge < -0.3 is 25.1 Å². The number of fused-ring (bicyclic) bond motifs is 1. The van der Waals surface area contributed by atoms with Gasteiger partial charge in [-0.3, -0.25) is 4.98 Å². The Morgan fingerprint density at radius 1 is 0.970 bits per heavy atom. The Morgan fingerprint density at radius 2 is 1.73 bits per heavy atom. The maximum Gasteiger partial charge on any atom is 0.127 e. The Labute approximate surface area is 192 Å². The number of piperidine rings is 1. The largest absolute Gasteiger partial charge is 0.497 e. The van der Waals surface area contributed by atoms with E-state index in [2.05, 4.69) is 20.9 Å². The van der Waals surface area contributed by atoms with Crippen molar-refractivity contribution in [3.05, 3.63) is 60.7 Å². The lowest BCUT2D eigenvalue weighted by Gasteiger charge is -2.34. The number of hydrogen-bond donors (Lipinski definition) is 2. The van der Waals surface area contributed by atoms with Gasteiger partial charge in [0.05, 0.1) is 25.6 Å². The molecule has 3 N–H and O–H groups in total. The number of halogens is 1. The van der Waals surface area contributed by atoms with Gasteiger partial charge in [0, 0.05) is 65.7 Å². The molecule has 2 aromatic heterocycles. The predicted molar refractivity (Wildman–Crippen MR) is 129 cm³/mol. The van der Waals surface area contributed by atoms with Crippen molar-refractivity contribution in [1.82, 2.24) is 9.97 Å². The van der Waals surface area contributed by atoms with Crippen LogP contribution in [-0.2, 0) is 0 Å². The van der Waals surface area contributed by atoms with Gasteiger partial charge in [-0.1, -0.05) is 0 Å². The summed E-state index contributed by atoms with van der Waals surface area (Å²) in [6.45, 7) is 1.65. The van der Waals surface area contributed by atoms with Crippen LogP contribution in [0.1, 0.15) is 12.8 Å². The molecule has 0 bridgehead atoms. The maximum atomic E-state index is 14.4. The van der Waals surface area contributed by atoms with Gasteiger partial charge in [0.15, 0.2) is 0 Å². The highest BCUT2D eigenvalue weighted by molar-refractivity contribution is 5.94. The molecule has 1 saturated heterocycles. The fraction of sp³-hybridized carbons (Fsp3) is 0.269. The summed E-state index contributed by atoms with van der Waals surface area (Å²) in [5.41, 5.74) is 11.7. The molecule has 0 spiro atoms. The number of anilines is 1. The van der Waals surface area contributed by atoms with E-state index < -0.39 is 0 Å². The number of nitrogens with one attached hydrogen (secondary N) is 1. The number of nitrogens with zero attached hydrogens (tertiary/aromatic N) is 2. The summed E-state index contributed by atoms with van der Waals surface area (Å²) in [6, 6.07) is 13.0. The number of pyridine rings is 1. The Bertz CT molecular complexity index is 1290. The van der Waals surface area contributed by atoms with E-state index in [1.807, 2.05) is 30.5 Å². The molecule has 0 amide bonds. The van der Waals surface area contributed by atoms with Gasteiger partial charge in [-0.25, -0.2) is 4.39 Å². The van der Waals surface area contributed by atoms with E-state index in [1.54, 1.807) is 20.4 Å². The van der Waals surface area contributed by atoms with E-state index in [4.69, 9.17) is 15.2 Å². The van der Waals surface area contributed by atoms with E-state index in [1.165, 1.54) is 12.1 Å². The highest BCUT2D eigenvalue weighted by Crippen LogP contribution is 2.41. The second kappa shape index (κ2) is 8.75. The molecule has 2 aromatic carbocycles. The number of rotatable bonds is 5. The molecule has 170 valence electrons. The third-order valence-corrected chi connectivity index (χ3v) is 6.31. The summed E-state index contributed by atoms with van der Waals surface area (Å²) in [7, 11) is 3.20. The van der Waals surface area contributed by atoms with E-state index in [-0.39, 0.29) is 11.9 Å². The van der Waals surface area contributed by atoms with Gasteiger partial charge >= 0.3 is 0 Å². The van der Waals surface area contributed by atoms with Crippen LogP contribution in [0.4, 0.5) is 10.1 Å². The number of nitrogens with two attached hydrogens (primary N) is 1. The number of aromatic amines is 1. The zero-order valence-corrected chi connectivity index (χ0v) is 18.8. The van der Waals surface area contributed by atoms with Crippen molar-refractivity contribution in [3.8, 4) is 33.9 Å². The molecule has 1 fully saturated rings. The van der Waals surface area contributed by atoms with Crippen LogP contribution < -0.4 is 20.1 Å². The summed E-state index contributed by atoms with van der Waals surface area (Å²) in [5, 5.41) is 1.08. The van der Waals surface area contributed by atoms with Crippen LogP contribution in [0.2, 0.25) is 0 Å². The average molecular weight is 447 g/mol. The average Bonchev–Trinajstić information content (AvgIpc) is 3.27. The van der Waals surface area contributed by atoms with Crippen molar-refractivity contribution in [2.75, 3.05) is 32.2 Å². The van der Waals surface area contributed by atoms with Gasteiger partial charge in [-0.2, -0.15) is 0 Å². The second-order valence-electron chi connectivity index (χ2n) is 8.42. The first-order valence-corrected chi connectivity index (χ1v) is 11.1. The van der Waals surface area contributed by atoms with Gasteiger partial charge in [-0.05, 0) is 48.7 Å². The van der Waals surface area contributed by atoms with Crippen LogP contribution in [-0.4, -0.2) is 43.3 Å². The molecule has 7 heteroatoms. The normalized spacial score (nSPS) is 14.6. The summed E-state index contributed by atoms with van der Waals surface area (Å²) in [4.78, 5) is 10.4. The standard InChI is InChI=1S/C26H27FN4O2/c1-32-20-4-3-16-11-25(30-24(16)13-20)23-15-29-14-22(17-9-18(27)12-21(10-17)33-2)26(23)31-7-5-19(28)6-8-31/h3-4,9-15,19,30H,5-8,28H2,1-2H3. The Balaban J connectivity index is 1.70. The third kappa shape index (κ3) is 4.12. The van der Waals surface area contributed by atoms with Crippen LogP contribution in [0.25, 0.3) is 33.3 Å². The molecule has 5 rings (SSSR count). The quantitative estimate of drug-likeness (QED) is 0.452. The molecule has 3 heterocycles. The lowest BCUT2D eigenvalue weighted by atomic mass is 9.97. The minimum atomic E-state index is -0.348. The van der Waals surface area contributed by atoms with Gasteiger partial charge in [-0.15, -0.1) is 0 Å². The highest BCUT2D eigenvalue weighted by Gasteiger charge is 2.24. The lowest BCUT2D eigenvalue weighted by Crippen LogP contribution is -2.40. The van der Waals surface area contributed by atoms with E-state index in [0.717, 1.165) is 70.7 Å². The fourth-order valence-corrected chi connectivity index (χ4v) is 4.54. The minimum Gasteiger partial charge on any atom is -0.497 e. The predicted octanol–water partition coefficient (Wildman–Crippen LogP) is 4.98. The zero-order chi connectivity index (χ0) is 22.9. The topological polar surface area (TPSA) is 76.4 Å². The summed E-state index contributed by atoms with van der Waals surface area (Å²) in [6.07, 6.45) is 5.47. The number of methoxy groups -OCH3 is 2. The molecule has 0 saturated carbocycles. The lowest BCUT2D eigenvalue weighted by molar-refractivity contribution is 0.411. The first-order chi connectivity index (χ1) is 16.1. The van der Waals surface area contributed by atoms with Crippen LogP contribution in [0, 0.1) is 5.82 Å². The van der Waals surface area contributed by atoms with Crippen molar-refractivity contribution in [2.45, 2.75) is 18.9 Å². The summed E-state index contributed by atoms with van der Waals surface area (Å²) < 4.78 is 25.1. The Hall–Kier alpha value is -3.58. The van der Waals surface area contributed by atoms with Crippen LogP contribution in [0.3, 0.4) is 0 Å². The highest BCUT2D eigenvalue weighted by atomic mass is 19.1. The van der Waals surface area contributed by atoms with Gasteiger partial charge in [0.25, 0.3) is 0 Å². The van der Waals surface area contributed by atoms with E-state index >= 15 is 0 Å². The summed E-state index contributed by atoms with van der Waals surface area (Å²) in [5.74, 6) is 0.915. The monoisotopic (exact) mass is 446 g/mol. The Morgan fingerprint density at radius 3 is 2.48 bits per heavy atom. The van der Waals surface area contributed by atoms with Crippen molar-refractivity contribution in [3.63, 3.8) is 0 Å². The van der Waals surface area contributed by atoms with Crippen molar-refractivity contribution in [1.29, 1.82) is 0 Å². The number of ether oxygens (including phenoxy) is 2. The zero-order valence-electron chi connectivity index (χ0n) is 18.8. The SMILES string of the molecule is COc1cc(F)cc(-c2cncc(-c3cc4ccc(OC)cc4[nH]3)c2N2CCC(N)CC2)c1. The smallest absolute Gasteiger partial charge is 0.127 e.